The number of aromatic nitrogens is 5. The number of fused-ring (bicyclic) bond motifs is 4. The maximum atomic E-state index is 13.3. The van der Waals surface area contributed by atoms with Crippen LogP contribution in [0.1, 0.15) is 23.8 Å². The van der Waals surface area contributed by atoms with Gasteiger partial charge in [0.2, 0.25) is 0 Å². The van der Waals surface area contributed by atoms with Gasteiger partial charge in [-0.25, -0.2) is 19.4 Å². The van der Waals surface area contributed by atoms with Crippen molar-refractivity contribution in [2.45, 2.75) is 31.6 Å². The highest BCUT2D eigenvalue weighted by atomic mass is 19.4. The fraction of sp³-hybridized carbons (Fsp3) is 0.333. The van der Waals surface area contributed by atoms with Crippen LogP contribution in [0.15, 0.2) is 42.9 Å². The topological polar surface area (TPSA) is 121 Å². The standard InChI is InChI=1S/C21H20F3N9O2/c1-12(21(22,23)24)27-19(34)15-2-3-16-18(28-15)33(14-5-8-31(16)11-14)20(35)29-17-10-13(4-6-25-17)32-9-7-26-30-32/h2-4,6-7,9-10,12,14H,5,8,11H2,1H3,(H,27,34)(H,25,29,35)/t12-,14+/m1/s1. The minimum atomic E-state index is -4.59. The zero-order valence-corrected chi connectivity index (χ0v) is 18.4. The van der Waals surface area contributed by atoms with Gasteiger partial charge in [-0.2, -0.15) is 13.2 Å². The first-order valence-electron chi connectivity index (χ1n) is 10.8. The summed E-state index contributed by atoms with van der Waals surface area (Å²) in [6.07, 6.45) is 0.753. The lowest BCUT2D eigenvalue weighted by molar-refractivity contribution is -0.149. The molecule has 0 radical (unpaired) electrons. The van der Waals surface area contributed by atoms with E-state index in [4.69, 9.17) is 0 Å². The molecule has 3 amide bonds. The van der Waals surface area contributed by atoms with E-state index in [2.05, 4.69) is 25.6 Å². The number of amides is 3. The SMILES string of the molecule is C[C@@H](NC(=O)c1ccc2c(n1)N(C(=O)Nc1cc(-n3ccnn3)ccn1)[C@H]1CCN2C1)C(F)(F)F. The summed E-state index contributed by atoms with van der Waals surface area (Å²) in [7, 11) is 0. The van der Waals surface area contributed by atoms with Gasteiger partial charge >= 0.3 is 12.2 Å². The van der Waals surface area contributed by atoms with Crippen molar-refractivity contribution < 1.29 is 22.8 Å². The second-order valence-corrected chi connectivity index (χ2v) is 8.21. The van der Waals surface area contributed by atoms with Crippen LogP contribution in [0.4, 0.5) is 35.3 Å². The quantitative estimate of drug-likeness (QED) is 0.580. The Labute approximate surface area is 196 Å². The van der Waals surface area contributed by atoms with E-state index in [9.17, 15) is 22.8 Å². The molecule has 1 fully saturated rings. The second kappa shape index (κ2) is 8.52. The maximum Gasteiger partial charge on any atom is 0.408 e. The van der Waals surface area contributed by atoms with Gasteiger partial charge in [0.1, 0.15) is 17.6 Å². The van der Waals surface area contributed by atoms with Gasteiger partial charge in [0, 0.05) is 25.4 Å². The summed E-state index contributed by atoms with van der Waals surface area (Å²) in [5.41, 5.74) is 1.04. The Kier molecular flexibility index (Phi) is 5.49. The first-order valence-corrected chi connectivity index (χ1v) is 10.8. The average Bonchev–Trinajstić information content (AvgIpc) is 3.50. The number of alkyl halides is 3. The van der Waals surface area contributed by atoms with E-state index in [1.54, 1.807) is 24.4 Å². The zero-order chi connectivity index (χ0) is 24.7. The van der Waals surface area contributed by atoms with Crippen molar-refractivity contribution in [2.75, 3.05) is 28.2 Å². The molecule has 0 aliphatic carbocycles. The van der Waals surface area contributed by atoms with E-state index in [1.165, 1.54) is 28.0 Å². The Morgan fingerprint density at radius 3 is 2.77 bits per heavy atom. The summed E-state index contributed by atoms with van der Waals surface area (Å²) in [6, 6.07) is 3.49. The van der Waals surface area contributed by atoms with Crippen LogP contribution in [0, 0.1) is 0 Å². The zero-order valence-electron chi connectivity index (χ0n) is 18.4. The molecule has 0 aromatic carbocycles. The summed E-state index contributed by atoms with van der Waals surface area (Å²) in [4.78, 5) is 37.7. The van der Waals surface area contributed by atoms with Crippen molar-refractivity contribution in [1.82, 2.24) is 30.3 Å². The Bertz CT molecular complexity index is 1270. The van der Waals surface area contributed by atoms with E-state index < -0.39 is 24.2 Å². The molecule has 182 valence electrons. The molecule has 5 heterocycles. The Balaban J connectivity index is 1.42. The second-order valence-electron chi connectivity index (χ2n) is 8.21. The van der Waals surface area contributed by atoms with Crippen LogP contribution >= 0.6 is 0 Å². The van der Waals surface area contributed by atoms with Gasteiger partial charge in [0.25, 0.3) is 5.91 Å². The number of anilines is 3. The van der Waals surface area contributed by atoms with E-state index in [-0.39, 0.29) is 23.4 Å². The molecule has 2 bridgehead atoms. The first-order chi connectivity index (χ1) is 16.7. The third-order valence-electron chi connectivity index (χ3n) is 5.91. The summed E-state index contributed by atoms with van der Waals surface area (Å²) < 4.78 is 40.2. The minimum absolute atomic E-state index is 0.205. The number of carbonyl (C=O) groups excluding carboxylic acids is 2. The number of nitrogens with zero attached hydrogens (tertiary/aromatic N) is 7. The number of hydrogen-bond acceptors (Lipinski definition) is 7. The molecule has 0 saturated carbocycles. The van der Waals surface area contributed by atoms with Crippen molar-refractivity contribution in [3.63, 3.8) is 0 Å². The van der Waals surface area contributed by atoms with E-state index in [0.717, 1.165) is 6.92 Å². The van der Waals surface area contributed by atoms with Crippen molar-refractivity contribution in [3.8, 4) is 5.69 Å². The number of carbonyl (C=O) groups is 2. The fourth-order valence-corrected chi connectivity index (χ4v) is 4.10. The molecule has 35 heavy (non-hydrogen) atoms. The molecule has 11 nitrogen and oxygen atoms in total. The van der Waals surface area contributed by atoms with Gasteiger partial charge < -0.3 is 10.2 Å². The number of halogens is 3. The van der Waals surface area contributed by atoms with Crippen LogP contribution in [-0.2, 0) is 0 Å². The van der Waals surface area contributed by atoms with Crippen LogP contribution in [-0.4, -0.2) is 68.2 Å². The highest BCUT2D eigenvalue weighted by molar-refractivity contribution is 6.05. The van der Waals surface area contributed by atoms with Crippen molar-refractivity contribution in [2.24, 2.45) is 0 Å². The Morgan fingerprint density at radius 1 is 1.20 bits per heavy atom. The third kappa shape index (κ3) is 4.34. The molecule has 0 spiro atoms. The molecular weight excluding hydrogens is 467 g/mol. The number of nitrogens with one attached hydrogen (secondary N) is 2. The third-order valence-corrected chi connectivity index (χ3v) is 5.91. The maximum absolute atomic E-state index is 13.3. The van der Waals surface area contributed by atoms with Gasteiger partial charge in [-0.05, 0) is 31.5 Å². The molecule has 0 unspecified atom stereocenters. The first kappa shape index (κ1) is 22.6. The van der Waals surface area contributed by atoms with Gasteiger partial charge in [-0.1, -0.05) is 5.21 Å². The lowest BCUT2D eigenvalue weighted by Gasteiger charge is -2.35. The Hall–Kier alpha value is -4.23. The number of urea groups is 1. The molecule has 2 aliphatic rings. The predicted octanol–water partition coefficient (Wildman–Crippen LogP) is 2.37. The van der Waals surface area contributed by atoms with E-state index >= 15 is 0 Å². The molecule has 3 aromatic rings. The normalized spacial score (nSPS) is 17.7. The molecule has 14 heteroatoms. The molecule has 1 saturated heterocycles. The van der Waals surface area contributed by atoms with Crippen molar-refractivity contribution >= 4 is 29.3 Å². The highest BCUT2D eigenvalue weighted by Gasteiger charge is 2.41. The van der Waals surface area contributed by atoms with Crippen molar-refractivity contribution in [1.29, 1.82) is 0 Å². The highest BCUT2D eigenvalue weighted by Crippen LogP contribution is 2.39. The lowest BCUT2D eigenvalue weighted by Crippen LogP contribution is -2.49. The molecule has 2 aliphatic heterocycles. The predicted molar refractivity (Wildman–Crippen MR) is 118 cm³/mol. The largest absolute Gasteiger partial charge is 0.408 e. The van der Waals surface area contributed by atoms with Gasteiger partial charge in [0.15, 0.2) is 5.82 Å². The van der Waals surface area contributed by atoms with Crippen molar-refractivity contribution in [3.05, 3.63) is 48.5 Å². The summed E-state index contributed by atoms with van der Waals surface area (Å²) in [6.45, 7) is 2.10. The smallest absolute Gasteiger partial charge is 0.366 e. The molecular formula is C21H20F3N9O2. The molecule has 2 atom stereocenters. The molecule has 5 rings (SSSR count). The van der Waals surface area contributed by atoms with Crippen LogP contribution in [0.5, 0.6) is 0 Å². The summed E-state index contributed by atoms with van der Waals surface area (Å²) >= 11 is 0. The molecule has 2 N–H and O–H groups in total. The van der Waals surface area contributed by atoms with Gasteiger partial charge in [-0.3, -0.25) is 15.0 Å². The average molecular weight is 487 g/mol. The van der Waals surface area contributed by atoms with E-state index in [0.29, 0.717) is 30.9 Å². The number of rotatable bonds is 4. The monoisotopic (exact) mass is 487 g/mol. The number of pyridine rings is 2. The van der Waals surface area contributed by atoms with E-state index in [1.807, 2.05) is 10.2 Å². The van der Waals surface area contributed by atoms with Gasteiger partial charge in [0.05, 0.1) is 29.8 Å². The van der Waals surface area contributed by atoms with Crippen LogP contribution < -0.4 is 20.4 Å². The van der Waals surface area contributed by atoms with Crippen LogP contribution in [0.3, 0.4) is 0 Å². The fourth-order valence-electron chi connectivity index (χ4n) is 4.10. The number of hydrogen-bond donors (Lipinski definition) is 2. The summed E-state index contributed by atoms with van der Waals surface area (Å²) in [5.74, 6) is -0.512. The lowest BCUT2D eigenvalue weighted by atomic mass is 10.1. The minimum Gasteiger partial charge on any atom is -0.366 e. The molecule has 3 aromatic heterocycles. The van der Waals surface area contributed by atoms with Gasteiger partial charge in [-0.15, -0.1) is 5.10 Å². The van der Waals surface area contributed by atoms with Crippen LogP contribution in [0.25, 0.3) is 5.69 Å². The van der Waals surface area contributed by atoms with Crippen LogP contribution in [0.2, 0.25) is 0 Å². The Morgan fingerprint density at radius 2 is 2.03 bits per heavy atom. The summed E-state index contributed by atoms with van der Waals surface area (Å²) in [5, 5.41) is 12.3.